The van der Waals surface area contributed by atoms with Crippen LogP contribution in [0.4, 0.5) is 4.39 Å². The number of carbonyl (C=O) groups is 1. The molecule has 19 heavy (non-hydrogen) atoms. The minimum absolute atomic E-state index is 0.0214. The number of hydrogen-bond donors (Lipinski definition) is 0. The van der Waals surface area contributed by atoms with E-state index in [0.29, 0.717) is 10.6 Å². The van der Waals surface area contributed by atoms with Gasteiger partial charge in [-0.1, -0.05) is 41.4 Å². The lowest BCUT2D eigenvalue weighted by Gasteiger charge is -2.07. The maximum atomic E-state index is 13.7. The second kappa shape index (κ2) is 5.72. The molecule has 0 saturated heterocycles. The third-order valence-electron chi connectivity index (χ3n) is 2.88. The first-order valence-electron chi connectivity index (χ1n) is 5.71. The quantitative estimate of drug-likeness (QED) is 0.739. The number of benzene rings is 2. The highest BCUT2D eigenvalue weighted by atomic mass is 35.5. The molecule has 0 heterocycles. The molecule has 0 fully saturated rings. The van der Waals surface area contributed by atoms with Crippen LogP contribution in [0.15, 0.2) is 36.4 Å². The molecule has 0 radical (unpaired) electrons. The van der Waals surface area contributed by atoms with Gasteiger partial charge in [0, 0.05) is 17.0 Å². The highest BCUT2D eigenvalue weighted by Gasteiger charge is 2.14. The van der Waals surface area contributed by atoms with Gasteiger partial charge in [0.25, 0.3) is 0 Å². The van der Waals surface area contributed by atoms with Crippen LogP contribution < -0.4 is 0 Å². The Hall–Kier alpha value is -1.38. The Morgan fingerprint density at radius 2 is 1.95 bits per heavy atom. The van der Waals surface area contributed by atoms with Crippen molar-refractivity contribution < 1.29 is 9.18 Å². The minimum Gasteiger partial charge on any atom is -0.294 e. The summed E-state index contributed by atoms with van der Waals surface area (Å²) < 4.78 is 13.7. The number of Topliss-reactive ketones (excluding diaryl/α,β-unsaturated/α-hetero) is 1. The van der Waals surface area contributed by atoms with Crippen molar-refractivity contribution in [1.82, 2.24) is 0 Å². The Balaban J connectivity index is 2.31. The second-order valence-corrected chi connectivity index (χ2v) is 5.12. The van der Waals surface area contributed by atoms with Crippen molar-refractivity contribution >= 4 is 29.0 Å². The maximum Gasteiger partial charge on any atom is 0.167 e. The van der Waals surface area contributed by atoms with E-state index >= 15 is 0 Å². The third kappa shape index (κ3) is 3.14. The van der Waals surface area contributed by atoms with Crippen LogP contribution in [0.3, 0.4) is 0 Å². The minimum atomic E-state index is -0.544. The van der Waals surface area contributed by atoms with Gasteiger partial charge in [-0.2, -0.15) is 0 Å². The zero-order valence-electron chi connectivity index (χ0n) is 10.2. The second-order valence-electron chi connectivity index (χ2n) is 4.27. The maximum absolute atomic E-state index is 13.7. The SMILES string of the molecule is Cc1ccc(Cl)cc1C(=O)Cc1cccc(Cl)c1F. The van der Waals surface area contributed by atoms with Crippen LogP contribution in [0.1, 0.15) is 21.5 Å². The van der Waals surface area contributed by atoms with E-state index in [1.165, 1.54) is 6.07 Å². The van der Waals surface area contributed by atoms with Gasteiger partial charge in [-0.25, -0.2) is 4.39 Å². The lowest BCUT2D eigenvalue weighted by atomic mass is 9.99. The molecule has 4 heteroatoms. The summed E-state index contributed by atoms with van der Waals surface area (Å²) in [5.74, 6) is -0.724. The van der Waals surface area contributed by atoms with Crippen LogP contribution in [-0.2, 0) is 6.42 Å². The molecule has 0 N–H and O–H groups in total. The van der Waals surface area contributed by atoms with Gasteiger partial charge in [0.2, 0.25) is 0 Å². The first kappa shape index (κ1) is 14.0. The third-order valence-corrected chi connectivity index (χ3v) is 3.41. The first-order chi connectivity index (χ1) is 8.99. The molecule has 0 atom stereocenters. The molecule has 0 amide bonds. The molecule has 0 unspecified atom stereocenters. The van der Waals surface area contributed by atoms with Crippen molar-refractivity contribution in [2.45, 2.75) is 13.3 Å². The van der Waals surface area contributed by atoms with E-state index in [0.717, 1.165) is 5.56 Å². The van der Waals surface area contributed by atoms with Crippen LogP contribution in [0.5, 0.6) is 0 Å². The fraction of sp³-hybridized carbons (Fsp3) is 0.133. The summed E-state index contributed by atoms with van der Waals surface area (Å²) in [6.07, 6.45) is -0.0342. The monoisotopic (exact) mass is 296 g/mol. The zero-order valence-corrected chi connectivity index (χ0v) is 11.7. The van der Waals surface area contributed by atoms with Crippen molar-refractivity contribution in [2.24, 2.45) is 0 Å². The van der Waals surface area contributed by atoms with E-state index in [4.69, 9.17) is 23.2 Å². The number of ketones is 1. The van der Waals surface area contributed by atoms with Crippen molar-refractivity contribution in [3.05, 3.63) is 69.0 Å². The van der Waals surface area contributed by atoms with E-state index in [1.807, 2.05) is 6.92 Å². The van der Waals surface area contributed by atoms with Gasteiger partial charge in [-0.3, -0.25) is 4.79 Å². The van der Waals surface area contributed by atoms with E-state index in [1.54, 1.807) is 30.3 Å². The Labute approximate surface area is 121 Å². The smallest absolute Gasteiger partial charge is 0.167 e. The molecule has 0 saturated carbocycles. The summed E-state index contributed by atoms with van der Waals surface area (Å²) >= 11 is 11.6. The zero-order chi connectivity index (χ0) is 14.0. The standard InChI is InChI=1S/C15H11Cl2FO/c1-9-5-6-11(16)8-12(9)14(19)7-10-3-2-4-13(17)15(10)18/h2-6,8H,7H2,1H3. The van der Waals surface area contributed by atoms with Crippen LogP contribution >= 0.6 is 23.2 Å². The van der Waals surface area contributed by atoms with Crippen LogP contribution in [0, 0.1) is 12.7 Å². The van der Waals surface area contributed by atoms with Gasteiger partial charge in [0.05, 0.1) is 5.02 Å². The van der Waals surface area contributed by atoms with E-state index in [2.05, 4.69) is 0 Å². The van der Waals surface area contributed by atoms with Crippen LogP contribution in [0.2, 0.25) is 10.0 Å². The fourth-order valence-corrected chi connectivity index (χ4v) is 2.21. The number of rotatable bonds is 3. The van der Waals surface area contributed by atoms with Gasteiger partial charge >= 0.3 is 0 Å². The molecule has 2 aromatic rings. The average molecular weight is 297 g/mol. The molecular weight excluding hydrogens is 286 g/mol. The average Bonchev–Trinajstić information content (AvgIpc) is 2.38. The molecular formula is C15H11Cl2FO. The molecule has 0 spiro atoms. The largest absolute Gasteiger partial charge is 0.294 e. The molecule has 1 nitrogen and oxygen atoms in total. The number of carbonyl (C=O) groups excluding carboxylic acids is 1. The van der Waals surface area contributed by atoms with Gasteiger partial charge < -0.3 is 0 Å². The molecule has 0 bridgehead atoms. The summed E-state index contributed by atoms with van der Waals surface area (Å²) in [6.45, 7) is 1.82. The topological polar surface area (TPSA) is 17.1 Å². The molecule has 0 aliphatic carbocycles. The fourth-order valence-electron chi connectivity index (χ4n) is 1.85. The Kier molecular flexibility index (Phi) is 4.23. The Morgan fingerprint density at radius 3 is 2.68 bits per heavy atom. The molecule has 0 aromatic heterocycles. The van der Waals surface area contributed by atoms with Crippen molar-refractivity contribution in [3.8, 4) is 0 Å². The lowest BCUT2D eigenvalue weighted by Crippen LogP contribution is -2.07. The van der Waals surface area contributed by atoms with Gasteiger partial charge in [-0.05, 0) is 36.2 Å². The summed E-state index contributed by atoms with van der Waals surface area (Å²) in [7, 11) is 0. The van der Waals surface area contributed by atoms with E-state index in [9.17, 15) is 9.18 Å². The van der Waals surface area contributed by atoms with Crippen molar-refractivity contribution in [2.75, 3.05) is 0 Å². The molecule has 0 aliphatic rings. The molecule has 2 rings (SSSR count). The molecule has 2 aromatic carbocycles. The lowest BCUT2D eigenvalue weighted by molar-refractivity contribution is 0.0991. The Bertz CT molecular complexity index is 638. The molecule has 0 aliphatic heterocycles. The van der Waals surface area contributed by atoms with Gasteiger partial charge in [0.15, 0.2) is 5.78 Å². The van der Waals surface area contributed by atoms with Crippen LogP contribution in [-0.4, -0.2) is 5.78 Å². The number of hydrogen-bond acceptors (Lipinski definition) is 1. The van der Waals surface area contributed by atoms with Crippen LogP contribution in [0.25, 0.3) is 0 Å². The Morgan fingerprint density at radius 1 is 1.21 bits per heavy atom. The van der Waals surface area contributed by atoms with Gasteiger partial charge in [0.1, 0.15) is 5.82 Å². The normalized spacial score (nSPS) is 10.5. The van der Waals surface area contributed by atoms with Gasteiger partial charge in [-0.15, -0.1) is 0 Å². The highest BCUT2D eigenvalue weighted by Crippen LogP contribution is 2.21. The van der Waals surface area contributed by atoms with E-state index in [-0.39, 0.29) is 22.8 Å². The van der Waals surface area contributed by atoms with Crippen molar-refractivity contribution in [3.63, 3.8) is 0 Å². The number of halogens is 3. The predicted octanol–water partition coefficient (Wildman–Crippen LogP) is 4.87. The summed E-state index contributed by atoms with van der Waals surface area (Å²) in [4.78, 5) is 12.2. The molecule has 98 valence electrons. The van der Waals surface area contributed by atoms with E-state index < -0.39 is 5.82 Å². The number of aryl methyl sites for hydroxylation is 1. The summed E-state index contributed by atoms with van der Waals surface area (Å²) in [5, 5.41) is 0.508. The van der Waals surface area contributed by atoms with Crippen molar-refractivity contribution in [1.29, 1.82) is 0 Å². The summed E-state index contributed by atoms with van der Waals surface area (Å²) in [6, 6.07) is 9.71. The predicted molar refractivity (Wildman–Crippen MR) is 75.6 cm³/mol. The summed E-state index contributed by atoms with van der Waals surface area (Å²) in [5.41, 5.74) is 1.61. The first-order valence-corrected chi connectivity index (χ1v) is 6.47. The highest BCUT2D eigenvalue weighted by molar-refractivity contribution is 6.31.